The Morgan fingerprint density at radius 3 is 1.04 bits per heavy atom. The molecule has 0 radical (unpaired) electrons. The summed E-state index contributed by atoms with van der Waals surface area (Å²) in [5.74, 6) is -0.245. The van der Waals surface area contributed by atoms with Crippen molar-refractivity contribution in [3.05, 3.63) is 97.2 Å². The molecule has 0 aromatic rings. The van der Waals surface area contributed by atoms with E-state index in [1.54, 1.807) is 0 Å². The third-order valence-corrected chi connectivity index (χ3v) is 20.2. The smallest absolute Gasteiger partial charge is 0.220 e. The second-order valence-corrected chi connectivity index (χ2v) is 29.2. The van der Waals surface area contributed by atoms with Crippen LogP contribution < -0.4 is 5.32 Å². The number of unbranched alkanes of at least 4 members (excludes halogenated alkanes) is 33. The van der Waals surface area contributed by atoms with E-state index in [1.165, 1.54) is 167 Å². The molecule has 3 aliphatic heterocycles. The second-order valence-electron chi connectivity index (χ2n) is 29.2. The number of carbonyl (C=O) groups excluding carboxylic acids is 1. The van der Waals surface area contributed by atoms with Crippen molar-refractivity contribution in [2.45, 2.75) is 407 Å². The van der Waals surface area contributed by atoms with E-state index in [4.69, 9.17) is 28.4 Å². The maximum atomic E-state index is 13.5. The van der Waals surface area contributed by atoms with Crippen LogP contribution in [0, 0.1) is 0 Å². The summed E-state index contributed by atoms with van der Waals surface area (Å²) >= 11 is 0. The molecule has 0 spiro atoms. The maximum absolute atomic E-state index is 13.5. The number of hydrogen-bond donors (Lipinski definition) is 12. The van der Waals surface area contributed by atoms with Crippen LogP contribution in [0.25, 0.3) is 0 Å². The van der Waals surface area contributed by atoms with E-state index in [1.807, 2.05) is 0 Å². The molecule has 1 amide bonds. The van der Waals surface area contributed by atoms with Gasteiger partial charge in [-0.3, -0.25) is 4.79 Å². The summed E-state index contributed by atoms with van der Waals surface area (Å²) in [4.78, 5) is 13.5. The Morgan fingerprint density at radius 2 is 0.663 bits per heavy atom. The van der Waals surface area contributed by atoms with E-state index >= 15 is 0 Å². The highest BCUT2D eigenvalue weighted by Gasteiger charge is 2.54. The van der Waals surface area contributed by atoms with Crippen molar-refractivity contribution in [2.24, 2.45) is 0 Å². The molecule has 3 saturated heterocycles. The number of rotatable bonds is 65. The van der Waals surface area contributed by atoms with Crippen LogP contribution in [0.5, 0.6) is 0 Å². The molecule has 3 rings (SSSR count). The van der Waals surface area contributed by atoms with Gasteiger partial charge in [0.1, 0.15) is 73.2 Å². The fourth-order valence-corrected chi connectivity index (χ4v) is 13.6. The second kappa shape index (κ2) is 64.5. The number of hydrogen-bond acceptors (Lipinski definition) is 18. The van der Waals surface area contributed by atoms with E-state index in [9.17, 15) is 61.0 Å². The van der Waals surface area contributed by atoms with Crippen molar-refractivity contribution >= 4 is 5.91 Å². The molecule has 0 bridgehead atoms. The Balaban J connectivity index is 1.34. The Labute approximate surface area is 628 Å². The zero-order valence-corrected chi connectivity index (χ0v) is 64.5. The highest BCUT2D eigenvalue weighted by Crippen LogP contribution is 2.33. The van der Waals surface area contributed by atoms with Crippen LogP contribution in [0.15, 0.2) is 97.2 Å². The number of allylic oxidation sites excluding steroid dienone is 16. The van der Waals surface area contributed by atoms with Crippen LogP contribution in [-0.2, 0) is 33.2 Å². The van der Waals surface area contributed by atoms with Gasteiger partial charge in [-0.05, 0) is 77.0 Å². The van der Waals surface area contributed by atoms with Crippen LogP contribution in [-0.4, -0.2) is 193 Å². The van der Waals surface area contributed by atoms with E-state index in [-0.39, 0.29) is 18.9 Å². The summed E-state index contributed by atoms with van der Waals surface area (Å²) in [7, 11) is 0. The summed E-state index contributed by atoms with van der Waals surface area (Å²) in [5.41, 5.74) is 0. The molecule has 19 nitrogen and oxygen atoms in total. The molecule has 3 heterocycles. The minimum Gasteiger partial charge on any atom is -0.394 e. The van der Waals surface area contributed by atoms with E-state index in [2.05, 4.69) is 116 Å². The zero-order valence-electron chi connectivity index (χ0n) is 64.5. The van der Waals surface area contributed by atoms with Gasteiger partial charge in [-0.1, -0.05) is 317 Å². The first-order chi connectivity index (χ1) is 50.8. The van der Waals surface area contributed by atoms with Gasteiger partial charge in [-0.15, -0.1) is 0 Å². The van der Waals surface area contributed by atoms with Gasteiger partial charge in [0.05, 0.1) is 38.6 Å². The standard InChI is InChI=1S/C85H149NO18/c1-3-5-7-9-11-13-15-17-19-21-23-25-27-28-29-30-31-32-33-34-35-36-37-38-39-40-41-43-45-47-49-51-53-55-57-59-61-63-73(91)86-68(69(90)62-60-58-56-54-52-50-48-46-44-42-26-24-22-20-18-16-14-12-10-8-6-4-2)67-99-83-79(97)76(94)81(71(65-88)101-83)104-85-80(98)77(95)82(72(66-89)102-85)103-84-78(96)75(93)74(92)70(64-87)100-84/h5,7,11,13,17,19,23,25,28-29,31-32,34-35,37-38,68-72,74-85,87-90,92-98H,3-4,6,8-10,12,14-16,18,20-22,24,26-27,30,33,36,39-67H2,1-2H3,(H,86,91)/b7-5-,13-11-,19-17-,25-23-,29-28-,32-31-,35-34-,38-37-. The summed E-state index contributed by atoms with van der Waals surface area (Å²) in [6.45, 7) is 1.71. The number of ether oxygens (including phenoxy) is 6. The molecular weight excluding hydrogens is 1320 g/mol. The van der Waals surface area contributed by atoms with E-state index < -0.39 is 124 Å². The van der Waals surface area contributed by atoms with Crippen molar-refractivity contribution in [1.29, 1.82) is 0 Å². The predicted octanol–water partition coefficient (Wildman–Crippen LogP) is 14.3. The van der Waals surface area contributed by atoms with Crippen molar-refractivity contribution in [1.82, 2.24) is 5.32 Å². The quantitative estimate of drug-likeness (QED) is 0.0199. The number of nitrogens with one attached hydrogen (secondary N) is 1. The summed E-state index contributed by atoms with van der Waals surface area (Å²) < 4.78 is 34.5. The minimum absolute atomic E-state index is 0.245. The normalized spacial score (nSPS) is 26.4. The Kier molecular flexibility index (Phi) is 58.9. The lowest BCUT2D eigenvalue weighted by molar-refractivity contribution is -0.379. The Bertz CT molecular complexity index is 2260. The van der Waals surface area contributed by atoms with Crippen LogP contribution in [0.1, 0.15) is 303 Å². The monoisotopic (exact) mass is 1470 g/mol. The summed E-state index contributed by atoms with van der Waals surface area (Å²) in [5, 5.41) is 121. The van der Waals surface area contributed by atoms with Crippen LogP contribution in [0.2, 0.25) is 0 Å². The third kappa shape index (κ3) is 43.8. The highest BCUT2D eigenvalue weighted by molar-refractivity contribution is 5.76. The molecule has 0 aliphatic carbocycles. The van der Waals surface area contributed by atoms with Gasteiger partial charge < -0.3 is 89.9 Å². The lowest BCUT2D eigenvalue weighted by Crippen LogP contribution is -2.66. The molecule has 3 fully saturated rings. The molecule has 0 aromatic heterocycles. The molecule has 19 heteroatoms. The number of carbonyl (C=O) groups is 1. The summed E-state index contributed by atoms with van der Waals surface area (Å²) in [6, 6.07) is -0.895. The third-order valence-electron chi connectivity index (χ3n) is 20.2. The van der Waals surface area contributed by atoms with Gasteiger partial charge >= 0.3 is 0 Å². The van der Waals surface area contributed by atoms with Gasteiger partial charge in [0, 0.05) is 6.42 Å². The average Bonchev–Trinajstić information content (AvgIpc) is 0.783. The lowest BCUT2D eigenvalue weighted by atomic mass is 9.96. The Morgan fingerprint density at radius 1 is 0.356 bits per heavy atom. The SMILES string of the molecule is CC/C=C\C/C=C\C/C=C\C/C=C\C/C=C\C/C=C\C/C=C\C/C=C\CCCCCCCCCCCCCCC(=O)NC(COC1OC(CO)C(OC2OC(CO)C(OC3OC(CO)C(O)C(O)C3O)C(O)C2O)C(O)C1O)C(O)CCCCCCCCCCCCCCCCCCCCCCCC. The lowest BCUT2D eigenvalue weighted by Gasteiger charge is -2.48. The largest absolute Gasteiger partial charge is 0.394 e. The molecule has 602 valence electrons. The van der Waals surface area contributed by atoms with Crippen molar-refractivity contribution < 1.29 is 89.4 Å². The molecule has 3 aliphatic rings. The van der Waals surface area contributed by atoms with Crippen LogP contribution in [0.3, 0.4) is 0 Å². The zero-order chi connectivity index (χ0) is 75.3. The molecule has 17 atom stereocenters. The molecular formula is C85H149NO18. The van der Waals surface area contributed by atoms with Crippen LogP contribution >= 0.6 is 0 Å². The van der Waals surface area contributed by atoms with E-state index in [0.717, 1.165) is 103 Å². The van der Waals surface area contributed by atoms with Gasteiger partial charge in [0.2, 0.25) is 5.91 Å². The molecule has 0 saturated carbocycles. The van der Waals surface area contributed by atoms with Crippen molar-refractivity contribution in [3.8, 4) is 0 Å². The first-order valence-corrected chi connectivity index (χ1v) is 41.5. The molecule has 12 N–H and O–H groups in total. The van der Waals surface area contributed by atoms with Gasteiger partial charge in [0.15, 0.2) is 18.9 Å². The average molecular weight is 1470 g/mol. The first-order valence-electron chi connectivity index (χ1n) is 41.5. The molecule has 17 unspecified atom stereocenters. The summed E-state index contributed by atoms with van der Waals surface area (Å²) in [6.07, 6.45) is 60.6. The fourth-order valence-electron chi connectivity index (χ4n) is 13.6. The fraction of sp³-hybridized carbons (Fsp3) is 0.800. The number of aliphatic hydroxyl groups excluding tert-OH is 11. The molecule has 104 heavy (non-hydrogen) atoms. The number of aliphatic hydroxyl groups is 11. The highest BCUT2D eigenvalue weighted by atomic mass is 16.8. The van der Waals surface area contributed by atoms with Crippen molar-refractivity contribution in [2.75, 3.05) is 26.4 Å². The van der Waals surface area contributed by atoms with Gasteiger partial charge in [0.25, 0.3) is 0 Å². The van der Waals surface area contributed by atoms with Crippen LogP contribution in [0.4, 0.5) is 0 Å². The minimum atomic E-state index is -1.98. The topological polar surface area (TPSA) is 307 Å². The predicted molar refractivity (Wildman–Crippen MR) is 415 cm³/mol. The van der Waals surface area contributed by atoms with Gasteiger partial charge in [-0.25, -0.2) is 0 Å². The van der Waals surface area contributed by atoms with Gasteiger partial charge in [-0.2, -0.15) is 0 Å². The maximum Gasteiger partial charge on any atom is 0.220 e. The van der Waals surface area contributed by atoms with E-state index in [0.29, 0.717) is 12.8 Å². The molecule has 0 aromatic carbocycles. The Hall–Kier alpha value is -3.29. The van der Waals surface area contributed by atoms with Crippen molar-refractivity contribution in [3.63, 3.8) is 0 Å². The first kappa shape index (κ1) is 94.9. The number of amides is 1.